The van der Waals surface area contributed by atoms with Gasteiger partial charge in [0.1, 0.15) is 29.0 Å². The summed E-state index contributed by atoms with van der Waals surface area (Å²) in [5, 5.41) is 3.00. The highest BCUT2D eigenvalue weighted by Crippen LogP contribution is 2.39. The van der Waals surface area contributed by atoms with Crippen LogP contribution in [-0.2, 0) is 9.53 Å². The monoisotopic (exact) mass is 269 g/mol. The first-order chi connectivity index (χ1) is 9.07. The van der Waals surface area contributed by atoms with Gasteiger partial charge in [0.2, 0.25) is 0 Å². The zero-order valence-corrected chi connectivity index (χ0v) is 11.8. The van der Waals surface area contributed by atoms with Crippen LogP contribution in [0.2, 0.25) is 0 Å². The van der Waals surface area contributed by atoms with Crippen LogP contribution < -0.4 is 19.5 Å². The smallest absolute Gasteiger partial charge is 0.327 e. The Bertz CT molecular complexity index is 422. The number of anilines is 1. The van der Waals surface area contributed by atoms with Gasteiger partial charge in [0.25, 0.3) is 0 Å². The third kappa shape index (κ3) is 3.43. The lowest BCUT2D eigenvalue weighted by atomic mass is 10.2. The van der Waals surface area contributed by atoms with E-state index in [2.05, 4.69) is 10.1 Å². The van der Waals surface area contributed by atoms with Crippen molar-refractivity contribution in [3.8, 4) is 17.2 Å². The molecule has 0 aliphatic carbocycles. The number of ether oxygens (including phenoxy) is 4. The van der Waals surface area contributed by atoms with Crippen LogP contribution in [-0.4, -0.2) is 40.5 Å². The normalized spacial score (nSPS) is 11.4. The number of methoxy groups -OCH3 is 4. The average Bonchev–Trinajstić information content (AvgIpc) is 2.45. The molecule has 6 heteroatoms. The number of benzene rings is 1. The van der Waals surface area contributed by atoms with E-state index in [0.717, 1.165) is 0 Å². The van der Waals surface area contributed by atoms with Gasteiger partial charge in [0.05, 0.1) is 28.4 Å². The van der Waals surface area contributed by atoms with E-state index in [0.29, 0.717) is 22.9 Å². The largest absolute Gasteiger partial charge is 0.496 e. The Morgan fingerprint density at radius 3 is 1.95 bits per heavy atom. The van der Waals surface area contributed by atoms with E-state index in [1.807, 2.05) is 0 Å². The molecule has 0 saturated carbocycles. The van der Waals surface area contributed by atoms with Crippen LogP contribution >= 0.6 is 0 Å². The summed E-state index contributed by atoms with van der Waals surface area (Å²) in [5.74, 6) is 1.27. The number of rotatable bonds is 6. The maximum Gasteiger partial charge on any atom is 0.327 e. The quantitative estimate of drug-likeness (QED) is 0.793. The fourth-order valence-electron chi connectivity index (χ4n) is 1.60. The Hall–Kier alpha value is -2.11. The van der Waals surface area contributed by atoms with Crippen molar-refractivity contribution in [3.63, 3.8) is 0 Å². The number of esters is 1. The fourth-order valence-corrected chi connectivity index (χ4v) is 1.60. The summed E-state index contributed by atoms with van der Waals surface area (Å²) in [7, 11) is 5.95. The van der Waals surface area contributed by atoms with E-state index in [1.165, 1.54) is 21.3 Å². The summed E-state index contributed by atoms with van der Waals surface area (Å²) in [6.45, 7) is 1.69. The van der Waals surface area contributed by atoms with Crippen molar-refractivity contribution in [2.24, 2.45) is 0 Å². The highest BCUT2D eigenvalue weighted by Gasteiger charge is 2.19. The molecule has 0 saturated heterocycles. The molecule has 0 spiro atoms. The van der Waals surface area contributed by atoms with Crippen molar-refractivity contribution in [2.75, 3.05) is 33.8 Å². The fraction of sp³-hybridized carbons (Fsp3) is 0.462. The van der Waals surface area contributed by atoms with Gasteiger partial charge in [-0.2, -0.15) is 0 Å². The second-order valence-corrected chi connectivity index (χ2v) is 3.80. The van der Waals surface area contributed by atoms with Crippen molar-refractivity contribution in [3.05, 3.63) is 12.1 Å². The van der Waals surface area contributed by atoms with E-state index in [1.54, 1.807) is 26.2 Å². The maximum absolute atomic E-state index is 11.4. The second kappa shape index (κ2) is 6.72. The molecule has 1 rings (SSSR count). The van der Waals surface area contributed by atoms with E-state index >= 15 is 0 Å². The lowest BCUT2D eigenvalue weighted by Gasteiger charge is -2.19. The van der Waals surface area contributed by atoms with Gasteiger partial charge in [-0.1, -0.05) is 0 Å². The lowest BCUT2D eigenvalue weighted by Crippen LogP contribution is -2.27. The van der Waals surface area contributed by atoms with Crippen LogP contribution in [0.5, 0.6) is 17.2 Å². The van der Waals surface area contributed by atoms with E-state index in [4.69, 9.17) is 14.2 Å². The van der Waals surface area contributed by atoms with Gasteiger partial charge in [-0.15, -0.1) is 0 Å². The molecule has 0 heterocycles. The molecule has 1 aromatic rings. The topological polar surface area (TPSA) is 66.0 Å². The molecule has 106 valence electrons. The first kappa shape index (κ1) is 14.9. The van der Waals surface area contributed by atoms with Crippen molar-refractivity contribution in [1.29, 1.82) is 0 Å². The van der Waals surface area contributed by atoms with Gasteiger partial charge < -0.3 is 24.3 Å². The number of hydrogen-bond donors (Lipinski definition) is 1. The van der Waals surface area contributed by atoms with Crippen LogP contribution in [0.3, 0.4) is 0 Å². The molecule has 6 nitrogen and oxygen atoms in total. The Morgan fingerprint density at radius 2 is 1.58 bits per heavy atom. The van der Waals surface area contributed by atoms with Crippen LogP contribution in [0.25, 0.3) is 0 Å². The third-order valence-electron chi connectivity index (χ3n) is 2.63. The third-order valence-corrected chi connectivity index (χ3v) is 2.63. The molecule has 0 radical (unpaired) electrons. The Balaban J connectivity index is 3.13. The minimum Gasteiger partial charge on any atom is -0.496 e. The SMILES string of the molecule is COC(=O)[C@@H](C)Nc1c(OC)cc(OC)cc1OC. The molecular weight excluding hydrogens is 250 g/mol. The maximum atomic E-state index is 11.4. The molecule has 0 aromatic heterocycles. The lowest BCUT2D eigenvalue weighted by molar-refractivity contribution is -0.141. The number of nitrogens with one attached hydrogen (secondary N) is 1. The van der Waals surface area contributed by atoms with E-state index in [9.17, 15) is 4.79 Å². The van der Waals surface area contributed by atoms with Crippen LogP contribution in [0, 0.1) is 0 Å². The van der Waals surface area contributed by atoms with Crippen LogP contribution in [0.1, 0.15) is 6.92 Å². The number of carbonyl (C=O) groups excluding carboxylic acids is 1. The average molecular weight is 269 g/mol. The zero-order valence-electron chi connectivity index (χ0n) is 11.8. The summed E-state index contributed by atoms with van der Waals surface area (Å²) in [6, 6.07) is 2.88. The summed E-state index contributed by atoms with van der Waals surface area (Å²) in [5.41, 5.74) is 0.573. The Morgan fingerprint density at radius 1 is 1.05 bits per heavy atom. The minimum atomic E-state index is -0.527. The minimum absolute atomic E-state index is 0.375. The van der Waals surface area contributed by atoms with Crippen LogP contribution in [0.15, 0.2) is 12.1 Å². The van der Waals surface area contributed by atoms with Gasteiger partial charge in [0, 0.05) is 12.1 Å². The van der Waals surface area contributed by atoms with Gasteiger partial charge in [-0.05, 0) is 6.92 Å². The molecule has 1 N–H and O–H groups in total. The molecule has 1 aromatic carbocycles. The van der Waals surface area contributed by atoms with Crippen LogP contribution in [0.4, 0.5) is 5.69 Å². The van der Waals surface area contributed by atoms with Gasteiger partial charge in [-0.25, -0.2) is 4.79 Å². The van der Waals surface area contributed by atoms with Crippen molar-refractivity contribution in [2.45, 2.75) is 13.0 Å². The van der Waals surface area contributed by atoms with E-state index < -0.39 is 6.04 Å². The summed E-state index contributed by atoms with van der Waals surface area (Å²) in [4.78, 5) is 11.4. The Kier molecular flexibility index (Phi) is 5.29. The van der Waals surface area contributed by atoms with E-state index in [-0.39, 0.29) is 5.97 Å². The highest BCUT2D eigenvalue weighted by molar-refractivity contribution is 5.81. The zero-order chi connectivity index (χ0) is 14.4. The Labute approximate surface area is 112 Å². The molecule has 0 bridgehead atoms. The second-order valence-electron chi connectivity index (χ2n) is 3.80. The molecule has 0 amide bonds. The summed E-state index contributed by atoms with van der Waals surface area (Å²) < 4.78 is 20.4. The summed E-state index contributed by atoms with van der Waals surface area (Å²) >= 11 is 0. The standard InChI is InChI=1S/C13H19NO5/c1-8(13(15)19-5)14-12-10(17-3)6-9(16-2)7-11(12)18-4/h6-8,14H,1-5H3/t8-/m1/s1. The molecule has 0 aliphatic rings. The van der Waals surface area contributed by atoms with Crippen molar-refractivity contribution in [1.82, 2.24) is 0 Å². The van der Waals surface area contributed by atoms with Gasteiger partial charge in [-0.3, -0.25) is 0 Å². The number of carbonyl (C=O) groups is 1. The molecule has 19 heavy (non-hydrogen) atoms. The molecule has 0 fully saturated rings. The first-order valence-corrected chi connectivity index (χ1v) is 5.71. The molecule has 0 aliphatic heterocycles. The molecular formula is C13H19NO5. The molecule has 0 unspecified atom stereocenters. The van der Waals surface area contributed by atoms with Gasteiger partial charge >= 0.3 is 5.97 Å². The first-order valence-electron chi connectivity index (χ1n) is 5.71. The van der Waals surface area contributed by atoms with Gasteiger partial charge in [0.15, 0.2) is 0 Å². The predicted molar refractivity (Wildman–Crippen MR) is 71.2 cm³/mol. The van der Waals surface area contributed by atoms with Crippen molar-refractivity contribution < 1.29 is 23.7 Å². The predicted octanol–water partition coefficient (Wildman–Crippen LogP) is 1.69. The van der Waals surface area contributed by atoms with Crippen molar-refractivity contribution >= 4 is 11.7 Å². The summed E-state index contributed by atoms with van der Waals surface area (Å²) in [6.07, 6.45) is 0. The highest BCUT2D eigenvalue weighted by atomic mass is 16.5. The number of hydrogen-bond acceptors (Lipinski definition) is 6. The molecule has 1 atom stereocenters.